The van der Waals surface area contributed by atoms with Gasteiger partial charge in [-0.1, -0.05) is 23.5 Å². The lowest BCUT2D eigenvalue weighted by Gasteiger charge is -2.08. The lowest BCUT2D eigenvalue weighted by atomic mass is 10.3. The van der Waals surface area contributed by atoms with Crippen LogP contribution in [0.3, 0.4) is 0 Å². The van der Waals surface area contributed by atoms with Crippen molar-refractivity contribution in [2.45, 2.75) is 6.54 Å². The average Bonchev–Trinajstić information content (AvgIpc) is 3.34. The monoisotopic (exact) mass is 443 g/mol. The van der Waals surface area contributed by atoms with Gasteiger partial charge in [-0.3, -0.25) is 9.59 Å². The molecule has 0 unspecified atom stereocenters. The minimum absolute atomic E-state index is 0.0993. The molecule has 0 bridgehead atoms. The Morgan fingerprint density at radius 2 is 1.77 bits per heavy atom. The molecule has 0 aliphatic carbocycles. The first-order chi connectivity index (χ1) is 14.5. The number of amides is 1. The molecule has 4 aromatic rings. The Bertz CT molecular complexity index is 1300. The Labute approximate surface area is 179 Å². The molecule has 0 atom stereocenters. The fourth-order valence-corrected chi connectivity index (χ4v) is 4.81. The highest BCUT2D eigenvalue weighted by Gasteiger charge is 2.17. The number of hydrogen-bond acceptors (Lipinski definition) is 8. The van der Waals surface area contributed by atoms with E-state index in [2.05, 4.69) is 9.98 Å². The van der Waals surface area contributed by atoms with Crippen LogP contribution in [0.4, 0.5) is 0 Å². The maximum Gasteiger partial charge on any atom is 0.325 e. The Morgan fingerprint density at radius 3 is 2.47 bits per heavy atom. The van der Waals surface area contributed by atoms with Crippen LogP contribution in [0.2, 0.25) is 0 Å². The number of hydrogen-bond donors (Lipinski definition) is 0. The standard InChI is InChI=1S/C20H17N3O5S2/c1-26-13-8-12-16(9-14(13)27-2)30-20(23(12)10-17(24)28-3)22-18(25)19-21-11-6-4-5-7-15(11)29-19/h4-9H,10H2,1-3H3. The second kappa shape index (κ2) is 8.25. The summed E-state index contributed by atoms with van der Waals surface area (Å²) in [6.45, 7) is -0.0993. The number of methoxy groups -OCH3 is 3. The SMILES string of the molecule is COC(=O)Cn1c(=NC(=O)c2nc3ccccc3s2)sc2cc(OC)c(OC)cc21. The van der Waals surface area contributed by atoms with Gasteiger partial charge in [0.25, 0.3) is 0 Å². The molecule has 0 radical (unpaired) electrons. The molecule has 1 amide bonds. The molecule has 154 valence electrons. The van der Waals surface area contributed by atoms with Gasteiger partial charge in [-0.05, 0) is 12.1 Å². The number of fused-ring (bicyclic) bond motifs is 2. The van der Waals surface area contributed by atoms with Crippen molar-refractivity contribution in [1.82, 2.24) is 9.55 Å². The van der Waals surface area contributed by atoms with Gasteiger partial charge >= 0.3 is 11.9 Å². The van der Waals surface area contributed by atoms with Crippen molar-refractivity contribution in [2.24, 2.45) is 4.99 Å². The lowest BCUT2D eigenvalue weighted by Crippen LogP contribution is -2.22. The molecule has 30 heavy (non-hydrogen) atoms. The quantitative estimate of drug-likeness (QED) is 0.440. The summed E-state index contributed by atoms with van der Waals surface area (Å²) >= 11 is 2.54. The van der Waals surface area contributed by atoms with Gasteiger partial charge in [0.15, 0.2) is 21.3 Å². The largest absolute Gasteiger partial charge is 0.493 e. The third-order valence-electron chi connectivity index (χ3n) is 4.38. The van der Waals surface area contributed by atoms with Crippen molar-refractivity contribution < 1.29 is 23.8 Å². The number of ether oxygens (including phenoxy) is 3. The van der Waals surface area contributed by atoms with Gasteiger partial charge in [0.1, 0.15) is 6.54 Å². The van der Waals surface area contributed by atoms with E-state index in [0.717, 1.165) is 14.9 Å². The minimum atomic E-state index is -0.472. The van der Waals surface area contributed by atoms with Crippen LogP contribution in [-0.4, -0.2) is 42.8 Å². The van der Waals surface area contributed by atoms with E-state index in [4.69, 9.17) is 14.2 Å². The molecular formula is C20H17N3O5S2. The van der Waals surface area contributed by atoms with Crippen molar-refractivity contribution in [3.8, 4) is 11.5 Å². The van der Waals surface area contributed by atoms with Gasteiger partial charge in [-0.25, -0.2) is 4.98 Å². The molecule has 0 N–H and O–H groups in total. The van der Waals surface area contributed by atoms with Crippen LogP contribution in [0.15, 0.2) is 41.4 Å². The number of esters is 1. The maximum absolute atomic E-state index is 12.8. The highest BCUT2D eigenvalue weighted by molar-refractivity contribution is 7.20. The molecule has 2 aromatic heterocycles. The summed E-state index contributed by atoms with van der Waals surface area (Å²) in [7, 11) is 4.38. The van der Waals surface area contributed by atoms with Gasteiger partial charge in [0, 0.05) is 12.1 Å². The summed E-state index contributed by atoms with van der Waals surface area (Å²) in [4.78, 5) is 33.8. The summed E-state index contributed by atoms with van der Waals surface area (Å²) in [6.07, 6.45) is 0. The lowest BCUT2D eigenvalue weighted by molar-refractivity contribution is -0.141. The second-order valence-electron chi connectivity index (χ2n) is 6.13. The van der Waals surface area contributed by atoms with E-state index in [1.54, 1.807) is 23.8 Å². The van der Waals surface area contributed by atoms with E-state index >= 15 is 0 Å². The molecule has 8 nitrogen and oxygen atoms in total. The molecule has 0 aliphatic heterocycles. The number of rotatable bonds is 5. The van der Waals surface area contributed by atoms with Crippen LogP contribution in [0.25, 0.3) is 20.4 Å². The number of benzene rings is 2. The maximum atomic E-state index is 12.8. The molecule has 0 saturated carbocycles. The van der Waals surface area contributed by atoms with Gasteiger partial charge in [-0.2, -0.15) is 4.99 Å². The van der Waals surface area contributed by atoms with E-state index < -0.39 is 11.9 Å². The van der Waals surface area contributed by atoms with E-state index in [1.807, 2.05) is 24.3 Å². The van der Waals surface area contributed by atoms with Crippen molar-refractivity contribution >= 4 is 55.0 Å². The summed E-state index contributed by atoms with van der Waals surface area (Å²) in [6, 6.07) is 11.0. The third kappa shape index (κ3) is 3.66. The van der Waals surface area contributed by atoms with Crippen LogP contribution >= 0.6 is 22.7 Å². The first-order valence-electron chi connectivity index (χ1n) is 8.81. The molecule has 10 heteroatoms. The van der Waals surface area contributed by atoms with E-state index in [9.17, 15) is 9.59 Å². The number of para-hydroxylation sites is 1. The minimum Gasteiger partial charge on any atom is -0.493 e. The fraction of sp³-hybridized carbons (Fsp3) is 0.200. The Kier molecular flexibility index (Phi) is 5.51. The second-order valence-corrected chi connectivity index (χ2v) is 8.17. The van der Waals surface area contributed by atoms with Crippen molar-refractivity contribution in [3.05, 3.63) is 46.2 Å². The first-order valence-corrected chi connectivity index (χ1v) is 10.4. The van der Waals surface area contributed by atoms with Crippen LogP contribution < -0.4 is 14.3 Å². The number of carbonyl (C=O) groups is 2. The molecule has 0 spiro atoms. The van der Waals surface area contributed by atoms with Crippen molar-refractivity contribution in [2.75, 3.05) is 21.3 Å². The molecule has 2 aromatic carbocycles. The van der Waals surface area contributed by atoms with Crippen molar-refractivity contribution in [1.29, 1.82) is 0 Å². The molecule has 0 aliphatic rings. The Hall–Kier alpha value is -3.24. The highest BCUT2D eigenvalue weighted by Crippen LogP contribution is 2.33. The summed E-state index contributed by atoms with van der Waals surface area (Å²) in [5.74, 6) is 0.115. The van der Waals surface area contributed by atoms with E-state index in [-0.39, 0.29) is 11.6 Å². The molecule has 0 fully saturated rings. The molecule has 0 saturated heterocycles. The zero-order chi connectivity index (χ0) is 21.3. The highest BCUT2D eigenvalue weighted by atomic mass is 32.1. The fourth-order valence-electron chi connectivity index (χ4n) is 2.93. The summed E-state index contributed by atoms with van der Waals surface area (Å²) < 4.78 is 18.8. The van der Waals surface area contributed by atoms with Crippen molar-refractivity contribution in [3.63, 3.8) is 0 Å². The third-order valence-corrected chi connectivity index (χ3v) is 6.44. The van der Waals surface area contributed by atoms with E-state index in [0.29, 0.717) is 21.8 Å². The Balaban J connectivity index is 1.87. The summed E-state index contributed by atoms with van der Waals surface area (Å²) in [5.41, 5.74) is 1.42. The predicted octanol–water partition coefficient (Wildman–Crippen LogP) is 3.24. The number of carbonyl (C=O) groups excluding carboxylic acids is 2. The zero-order valence-corrected chi connectivity index (χ0v) is 18.0. The topological polar surface area (TPSA) is 92.0 Å². The molecular weight excluding hydrogens is 426 g/mol. The van der Waals surface area contributed by atoms with Crippen LogP contribution in [0.1, 0.15) is 9.80 Å². The molecule has 2 heterocycles. The predicted molar refractivity (Wildman–Crippen MR) is 114 cm³/mol. The number of aromatic nitrogens is 2. The smallest absolute Gasteiger partial charge is 0.325 e. The Morgan fingerprint density at radius 1 is 1.03 bits per heavy atom. The molecule has 4 rings (SSSR count). The number of nitrogens with zero attached hydrogens (tertiary/aromatic N) is 3. The van der Waals surface area contributed by atoms with Gasteiger partial charge in [0.2, 0.25) is 0 Å². The normalized spacial score (nSPS) is 11.8. The van der Waals surface area contributed by atoms with Crippen LogP contribution in [0.5, 0.6) is 11.5 Å². The van der Waals surface area contributed by atoms with Gasteiger partial charge < -0.3 is 18.8 Å². The number of thiazole rings is 2. The zero-order valence-electron chi connectivity index (χ0n) is 16.4. The van der Waals surface area contributed by atoms with Crippen LogP contribution in [-0.2, 0) is 16.1 Å². The van der Waals surface area contributed by atoms with Crippen LogP contribution in [0, 0.1) is 0 Å². The van der Waals surface area contributed by atoms with Gasteiger partial charge in [0.05, 0.1) is 41.8 Å². The first kappa shape index (κ1) is 20.0. The summed E-state index contributed by atoms with van der Waals surface area (Å²) in [5, 5.41) is 0.286. The van der Waals surface area contributed by atoms with E-state index in [1.165, 1.54) is 36.9 Å². The average molecular weight is 444 g/mol. The van der Waals surface area contributed by atoms with Gasteiger partial charge in [-0.15, -0.1) is 11.3 Å².